The number of rotatable bonds is 12. The molecule has 0 saturated carbocycles. The zero-order chi connectivity index (χ0) is 13.0. The summed E-state index contributed by atoms with van der Waals surface area (Å²) in [5.74, 6) is 0. The molecule has 0 radical (unpaired) electrons. The molecule has 0 aliphatic heterocycles. The molecule has 110 valence electrons. The molecule has 12 heteroatoms. The monoisotopic (exact) mass is 302 g/mol. The van der Waals surface area contributed by atoms with Crippen molar-refractivity contribution in [3.05, 3.63) is 0 Å². The fourth-order valence-electron chi connectivity index (χ4n) is 0.607. The molecule has 0 aromatic heterocycles. The van der Waals surface area contributed by atoms with Gasteiger partial charge in [-0.05, 0) is 0 Å². The van der Waals surface area contributed by atoms with E-state index in [4.69, 9.17) is 31.1 Å². The van der Waals surface area contributed by atoms with E-state index in [2.05, 4.69) is 16.4 Å². The van der Waals surface area contributed by atoms with Gasteiger partial charge in [-0.1, -0.05) is 0 Å². The molecule has 0 saturated heterocycles. The maximum Gasteiger partial charge on any atom is 0.524 e. The van der Waals surface area contributed by atoms with Crippen molar-refractivity contribution in [3.63, 3.8) is 0 Å². The molecule has 18 heavy (non-hydrogen) atoms. The molecule has 10 nitrogen and oxygen atoms in total. The predicted octanol–water partition coefficient (Wildman–Crippen LogP) is -3.65. The lowest BCUT2D eigenvalue weighted by Crippen LogP contribution is -2.29. The van der Waals surface area contributed by atoms with Crippen molar-refractivity contribution >= 4 is 25.2 Å². The van der Waals surface area contributed by atoms with Crippen LogP contribution in [0.25, 0.3) is 0 Å². The minimum Gasteiger partial charge on any atom is -0.329 e. The predicted molar refractivity (Wildman–Crippen MR) is 72.0 cm³/mol. The van der Waals surface area contributed by atoms with Crippen molar-refractivity contribution < 1.29 is 18.4 Å². The van der Waals surface area contributed by atoms with Gasteiger partial charge in [0, 0.05) is 39.3 Å². The van der Waals surface area contributed by atoms with Gasteiger partial charge in [0.15, 0.2) is 17.4 Å². The molecule has 0 spiro atoms. The van der Waals surface area contributed by atoms with Gasteiger partial charge in [0.1, 0.15) is 0 Å². The van der Waals surface area contributed by atoms with E-state index in [1.807, 2.05) is 0 Å². The van der Waals surface area contributed by atoms with Crippen molar-refractivity contribution in [2.75, 3.05) is 39.3 Å². The summed E-state index contributed by atoms with van der Waals surface area (Å²) in [7, 11) is -3.81. The molecule has 0 bridgehead atoms. The average molecular weight is 302 g/mol. The van der Waals surface area contributed by atoms with Crippen LogP contribution < -0.4 is 33.6 Å². The van der Waals surface area contributed by atoms with Gasteiger partial charge in [0.05, 0.1) is 0 Å². The van der Waals surface area contributed by atoms with Gasteiger partial charge in [-0.15, -0.1) is 0 Å². The van der Waals surface area contributed by atoms with E-state index in [9.17, 15) is 4.57 Å². The molecule has 0 aliphatic carbocycles. The lowest BCUT2D eigenvalue weighted by atomic mass is 10.7. The second-order valence-electron chi connectivity index (χ2n) is 2.77. The summed E-state index contributed by atoms with van der Waals surface area (Å²) in [6.45, 7) is 1.82. The quantitative estimate of drug-likeness (QED) is 0.0918. The van der Waals surface area contributed by atoms with Crippen LogP contribution in [0.4, 0.5) is 0 Å². The Morgan fingerprint density at radius 2 is 1.06 bits per heavy atom. The van der Waals surface area contributed by atoms with Crippen molar-refractivity contribution in [2.45, 2.75) is 0 Å². The summed E-state index contributed by atoms with van der Waals surface area (Å²) in [4.78, 5) is 0. The first-order chi connectivity index (χ1) is 8.18. The van der Waals surface area contributed by atoms with Crippen molar-refractivity contribution in [2.24, 2.45) is 17.2 Å². The Morgan fingerprint density at radius 3 is 1.28 bits per heavy atom. The molecule has 9 N–H and O–H groups in total. The first-order valence-electron chi connectivity index (χ1n) is 5.13. The molecular formula is C6H24AlN6O4P. The lowest BCUT2D eigenvalue weighted by Gasteiger charge is -2.17. The van der Waals surface area contributed by atoms with E-state index < -0.39 is 7.82 Å². The Balaban J connectivity index is 0. The van der Waals surface area contributed by atoms with Crippen LogP contribution in [0.1, 0.15) is 0 Å². The molecule has 0 amide bonds. The molecule has 0 aromatic carbocycles. The molecular weight excluding hydrogens is 278 g/mol. The van der Waals surface area contributed by atoms with Gasteiger partial charge in [0.2, 0.25) is 0 Å². The third kappa shape index (κ3) is 11.5. The Hall–Kier alpha value is 0.402. The maximum absolute atomic E-state index is 11.9. The van der Waals surface area contributed by atoms with Crippen molar-refractivity contribution in [3.8, 4) is 0 Å². The van der Waals surface area contributed by atoms with Crippen LogP contribution in [0.2, 0.25) is 0 Å². The van der Waals surface area contributed by atoms with Crippen LogP contribution in [-0.2, 0) is 18.4 Å². The smallest absolute Gasteiger partial charge is 0.329 e. The number of nitrogens with one attached hydrogen (secondary N) is 3. The van der Waals surface area contributed by atoms with Gasteiger partial charge < -0.3 is 17.2 Å². The minimum absolute atomic E-state index is 0. The fraction of sp³-hybridized carbons (Fsp3) is 1.00. The molecule has 0 atom stereocenters. The van der Waals surface area contributed by atoms with E-state index in [1.165, 1.54) is 0 Å². The Morgan fingerprint density at radius 1 is 0.778 bits per heavy atom. The number of phosphoric acid groups is 1. The molecule has 0 unspecified atom stereocenters. The number of hydrogen-bond donors (Lipinski definition) is 6. The number of hydroxylamine groups is 3. The van der Waals surface area contributed by atoms with Gasteiger partial charge in [-0.2, -0.15) is 30.3 Å². The zero-order valence-electron chi connectivity index (χ0n) is 9.55. The second kappa shape index (κ2) is 13.8. The standard InChI is InChI=1S/C6H21N6O4P.Al.3H/c7-1-4-10-14-17(13,15-11-5-2-8)16-12-6-3-9;;;;/h10-12H,1-9H2;;;;. The molecule has 0 heterocycles. The lowest BCUT2D eigenvalue weighted by molar-refractivity contribution is 0.0182. The minimum atomic E-state index is -3.81. The summed E-state index contributed by atoms with van der Waals surface area (Å²) in [6, 6.07) is 0. The summed E-state index contributed by atoms with van der Waals surface area (Å²) < 4.78 is 26.1. The van der Waals surface area contributed by atoms with E-state index in [1.54, 1.807) is 0 Å². The number of nitrogens with two attached hydrogens (primary N) is 3. The van der Waals surface area contributed by atoms with Crippen LogP contribution in [0.15, 0.2) is 0 Å². The first kappa shape index (κ1) is 20.7. The third-order valence-corrected chi connectivity index (χ3v) is 2.33. The Bertz CT molecular complexity index is 193. The van der Waals surface area contributed by atoms with E-state index in [0.717, 1.165) is 0 Å². The van der Waals surface area contributed by atoms with Gasteiger partial charge >= 0.3 is 7.82 Å². The summed E-state index contributed by atoms with van der Waals surface area (Å²) in [6.07, 6.45) is 0. The van der Waals surface area contributed by atoms with E-state index in [0.29, 0.717) is 39.3 Å². The van der Waals surface area contributed by atoms with Gasteiger partial charge in [0.25, 0.3) is 0 Å². The SMILES string of the molecule is NCCNOP(=O)(ONCCN)ONCCN.[AlH3]. The van der Waals surface area contributed by atoms with Crippen molar-refractivity contribution in [1.82, 2.24) is 16.4 Å². The van der Waals surface area contributed by atoms with Crippen molar-refractivity contribution in [1.29, 1.82) is 0 Å². The molecule has 0 rings (SSSR count). The topological polar surface area (TPSA) is 159 Å². The van der Waals surface area contributed by atoms with Gasteiger partial charge in [-0.3, -0.25) is 0 Å². The Kier molecular flexibility index (Phi) is 15.9. The molecule has 0 fully saturated rings. The third-order valence-electron chi connectivity index (χ3n) is 1.27. The van der Waals surface area contributed by atoms with Crippen LogP contribution >= 0.6 is 7.82 Å². The largest absolute Gasteiger partial charge is 0.524 e. The number of hydrogen-bond acceptors (Lipinski definition) is 10. The highest BCUT2D eigenvalue weighted by Crippen LogP contribution is 2.45. The van der Waals surface area contributed by atoms with Crippen LogP contribution in [0.5, 0.6) is 0 Å². The van der Waals surface area contributed by atoms with Crippen LogP contribution in [0.3, 0.4) is 0 Å². The summed E-state index contributed by atoms with van der Waals surface area (Å²) in [5.41, 5.74) is 22.7. The maximum atomic E-state index is 11.9. The van der Waals surface area contributed by atoms with E-state index in [-0.39, 0.29) is 17.4 Å². The highest BCUT2D eigenvalue weighted by molar-refractivity contribution is 7.48. The summed E-state index contributed by atoms with van der Waals surface area (Å²) in [5, 5.41) is 0. The Labute approximate surface area is 117 Å². The fourth-order valence-corrected chi connectivity index (χ4v) is 1.47. The highest BCUT2D eigenvalue weighted by atomic mass is 31.2. The highest BCUT2D eigenvalue weighted by Gasteiger charge is 2.28. The second-order valence-corrected chi connectivity index (χ2v) is 4.21. The van der Waals surface area contributed by atoms with Gasteiger partial charge in [-0.25, -0.2) is 4.57 Å². The van der Waals surface area contributed by atoms with E-state index >= 15 is 0 Å². The van der Waals surface area contributed by atoms with Crippen LogP contribution in [-0.4, -0.2) is 56.6 Å². The molecule has 0 aromatic rings. The summed E-state index contributed by atoms with van der Waals surface area (Å²) >= 11 is 0. The molecule has 0 aliphatic rings. The first-order valence-corrected chi connectivity index (χ1v) is 6.59. The average Bonchev–Trinajstić information content (AvgIpc) is 2.30. The van der Waals surface area contributed by atoms with Crippen LogP contribution in [0, 0.1) is 0 Å². The zero-order valence-corrected chi connectivity index (χ0v) is 10.4. The normalized spacial score (nSPS) is 11.3.